The molecule has 0 radical (unpaired) electrons. The Kier molecular flexibility index (Phi) is 8.42. The summed E-state index contributed by atoms with van der Waals surface area (Å²) in [7, 11) is 0. The third-order valence-corrected chi connectivity index (χ3v) is 3.53. The molecule has 1 saturated heterocycles. The number of ether oxygens (including phenoxy) is 1. The van der Waals surface area contributed by atoms with Gasteiger partial charge in [-0.15, -0.1) is 0 Å². The van der Waals surface area contributed by atoms with Gasteiger partial charge in [-0.3, -0.25) is 0 Å². The summed E-state index contributed by atoms with van der Waals surface area (Å²) in [6, 6.07) is 0. The Hall–Kier alpha value is -1.04. The zero-order chi connectivity index (χ0) is 15.7. The predicted molar refractivity (Wildman–Crippen MR) is 81.3 cm³/mol. The summed E-state index contributed by atoms with van der Waals surface area (Å²) < 4.78 is 5.39. The Morgan fingerprint density at radius 3 is 2.38 bits per heavy atom. The van der Waals surface area contributed by atoms with Crippen LogP contribution in [0.1, 0.15) is 52.4 Å². The fourth-order valence-electron chi connectivity index (χ4n) is 2.06. The predicted octanol–water partition coefficient (Wildman–Crippen LogP) is 1.22. The van der Waals surface area contributed by atoms with E-state index in [9.17, 15) is 15.3 Å². The zero-order valence-corrected chi connectivity index (χ0v) is 12.9. The van der Waals surface area contributed by atoms with Crippen molar-refractivity contribution < 1.29 is 20.1 Å². The van der Waals surface area contributed by atoms with Gasteiger partial charge in [-0.1, -0.05) is 51.4 Å². The average molecular weight is 294 g/mol. The van der Waals surface area contributed by atoms with Gasteiger partial charge in [0.05, 0.1) is 6.10 Å². The second-order valence-corrected chi connectivity index (χ2v) is 5.39. The zero-order valence-electron chi connectivity index (χ0n) is 12.9. The Morgan fingerprint density at radius 2 is 1.71 bits per heavy atom. The molecule has 5 atom stereocenters. The van der Waals surface area contributed by atoms with Gasteiger partial charge < -0.3 is 20.1 Å². The Morgan fingerprint density at radius 1 is 1.00 bits per heavy atom. The van der Waals surface area contributed by atoms with E-state index < -0.39 is 18.3 Å². The highest BCUT2D eigenvalue weighted by Gasteiger charge is 2.45. The summed E-state index contributed by atoms with van der Waals surface area (Å²) in [5.74, 6) is 9.92. The van der Waals surface area contributed by atoms with Crippen LogP contribution < -0.4 is 0 Å². The molecule has 3 N–H and O–H groups in total. The van der Waals surface area contributed by atoms with E-state index in [2.05, 4.69) is 30.6 Å². The lowest BCUT2D eigenvalue weighted by Gasteiger charge is -2.09. The molecule has 0 amide bonds. The minimum Gasteiger partial charge on any atom is -0.387 e. The normalized spacial score (nSPS) is 24.0. The molecule has 1 rings (SSSR count). The maximum absolute atomic E-state index is 9.91. The van der Waals surface area contributed by atoms with Crippen molar-refractivity contribution in [2.75, 3.05) is 0 Å². The molecule has 0 aromatic heterocycles. The van der Waals surface area contributed by atoms with Crippen molar-refractivity contribution in [2.45, 2.75) is 82.9 Å². The summed E-state index contributed by atoms with van der Waals surface area (Å²) in [5, 5.41) is 28.9. The Bertz CT molecular complexity index is 412. The maximum atomic E-state index is 9.91. The number of rotatable bonds is 8. The second-order valence-electron chi connectivity index (χ2n) is 5.39. The van der Waals surface area contributed by atoms with Crippen LogP contribution in [0.2, 0.25) is 0 Å². The smallest absolute Gasteiger partial charge is 0.144 e. The highest BCUT2D eigenvalue weighted by atomic mass is 16.6. The number of aliphatic hydroxyl groups excluding tert-OH is 3. The van der Waals surface area contributed by atoms with Crippen LogP contribution in [0.4, 0.5) is 0 Å². The van der Waals surface area contributed by atoms with Gasteiger partial charge in [-0.05, 0) is 24.7 Å². The van der Waals surface area contributed by atoms with Crippen LogP contribution in [0.25, 0.3) is 0 Å². The molecule has 1 fully saturated rings. The summed E-state index contributed by atoms with van der Waals surface area (Å²) in [6.45, 7) is 3.98. The van der Waals surface area contributed by atoms with Gasteiger partial charge in [0.2, 0.25) is 0 Å². The third-order valence-electron chi connectivity index (χ3n) is 3.53. The third kappa shape index (κ3) is 6.98. The lowest BCUT2D eigenvalue weighted by Crippen LogP contribution is -2.30. The van der Waals surface area contributed by atoms with E-state index >= 15 is 0 Å². The van der Waals surface area contributed by atoms with Crippen molar-refractivity contribution in [2.24, 2.45) is 0 Å². The Labute approximate surface area is 127 Å². The lowest BCUT2D eigenvalue weighted by molar-refractivity contribution is 0.0344. The first-order valence-corrected chi connectivity index (χ1v) is 7.80. The summed E-state index contributed by atoms with van der Waals surface area (Å²) in [5.41, 5.74) is 0. The molecule has 0 aromatic carbocycles. The van der Waals surface area contributed by atoms with Crippen molar-refractivity contribution in [1.29, 1.82) is 0 Å². The van der Waals surface area contributed by atoms with Crippen molar-refractivity contribution in [3.05, 3.63) is 0 Å². The first kappa shape index (κ1) is 18.0. The molecule has 1 aliphatic rings. The van der Waals surface area contributed by atoms with Gasteiger partial charge in [0.25, 0.3) is 0 Å². The summed E-state index contributed by atoms with van der Waals surface area (Å²) in [4.78, 5) is 0. The molecule has 4 heteroatoms. The fraction of sp³-hybridized carbons (Fsp3) is 0.765. The molecule has 118 valence electrons. The van der Waals surface area contributed by atoms with E-state index in [0.717, 1.165) is 12.8 Å². The molecule has 0 saturated carbocycles. The standard InChI is InChI=1S/C17H26O4/c1-3-5-6-7-12-15-17(21-15)16(20)14(19)11-9-8-10-13(18)4-2/h13-20H,3-7,12H2,1-2H3. The molecule has 5 unspecified atom stereocenters. The van der Waals surface area contributed by atoms with Crippen molar-refractivity contribution >= 4 is 0 Å². The molecule has 21 heavy (non-hydrogen) atoms. The topological polar surface area (TPSA) is 73.2 Å². The van der Waals surface area contributed by atoms with Crippen molar-refractivity contribution in [3.8, 4) is 23.7 Å². The van der Waals surface area contributed by atoms with E-state index in [1.807, 2.05) is 6.92 Å². The van der Waals surface area contributed by atoms with Crippen LogP contribution >= 0.6 is 0 Å². The van der Waals surface area contributed by atoms with E-state index in [1.165, 1.54) is 19.3 Å². The van der Waals surface area contributed by atoms with E-state index in [4.69, 9.17) is 4.74 Å². The van der Waals surface area contributed by atoms with Crippen molar-refractivity contribution in [1.82, 2.24) is 0 Å². The van der Waals surface area contributed by atoms with E-state index in [0.29, 0.717) is 6.42 Å². The van der Waals surface area contributed by atoms with Crippen LogP contribution in [0.15, 0.2) is 0 Å². The molecule has 4 nitrogen and oxygen atoms in total. The molecule has 0 aliphatic carbocycles. The number of hydrogen-bond donors (Lipinski definition) is 3. The largest absolute Gasteiger partial charge is 0.387 e. The monoisotopic (exact) mass is 294 g/mol. The number of hydrogen-bond acceptors (Lipinski definition) is 4. The number of aliphatic hydroxyl groups is 3. The van der Waals surface area contributed by atoms with Crippen LogP contribution in [0.3, 0.4) is 0 Å². The summed E-state index contributed by atoms with van der Waals surface area (Å²) in [6.07, 6.45) is 3.01. The molecular weight excluding hydrogens is 268 g/mol. The quantitative estimate of drug-likeness (QED) is 0.357. The van der Waals surface area contributed by atoms with Gasteiger partial charge in [0.1, 0.15) is 24.4 Å². The number of epoxide rings is 1. The second kappa shape index (κ2) is 9.82. The molecular formula is C17H26O4. The summed E-state index contributed by atoms with van der Waals surface area (Å²) >= 11 is 0. The lowest BCUT2D eigenvalue weighted by atomic mass is 10.0. The maximum Gasteiger partial charge on any atom is 0.144 e. The van der Waals surface area contributed by atoms with Crippen LogP contribution in [-0.4, -0.2) is 45.8 Å². The molecule has 0 bridgehead atoms. The first-order chi connectivity index (χ1) is 10.1. The fourth-order valence-corrected chi connectivity index (χ4v) is 2.06. The van der Waals surface area contributed by atoms with Gasteiger partial charge in [0.15, 0.2) is 0 Å². The molecule has 1 aliphatic heterocycles. The molecule has 1 heterocycles. The van der Waals surface area contributed by atoms with Crippen molar-refractivity contribution in [3.63, 3.8) is 0 Å². The first-order valence-electron chi connectivity index (χ1n) is 7.80. The minimum atomic E-state index is -1.16. The Balaban J connectivity index is 2.27. The average Bonchev–Trinajstić information content (AvgIpc) is 3.26. The molecule has 0 aromatic rings. The highest BCUT2D eigenvalue weighted by Crippen LogP contribution is 2.31. The highest BCUT2D eigenvalue weighted by molar-refractivity contribution is 5.29. The SMILES string of the molecule is CCCCCCC1OC1C(O)C(O)C#CC#CC(O)CC. The van der Waals surface area contributed by atoms with E-state index in [1.54, 1.807) is 0 Å². The number of unbranched alkanes of at least 4 members (excludes halogenated alkanes) is 3. The van der Waals surface area contributed by atoms with Gasteiger partial charge in [0, 0.05) is 0 Å². The van der Waals surface area contributed by atoms with Gasteiger partial charge >= 0.3 is 0 Å². The van der Waals surface area contributed by atoms with Crippen LogP contribution in [-0.2, 0) is 4.74 Å². The van der Waals surface area contributed by atoms with Crippen LogP contribution in [0, 0.1) is 23.7 Å². The van der Waals surface area contributed by atoms with Gasteiger partial charge in [-0.2, -0.15) is 0 Å². The van der Waals surface area contributed by atoms with Crippen LogP contribution in [0.5, 0.6) is 0 Å². The van der Waals surface area contributed by atoms with E-state index in [-0.39, 0.29) is 12.2 Å². The minimum absolute atomic E-state index is 0.0429. The van der Waals surface area contributed by atoms with Gasteiger partial charge in [-0.25, -0.2) is 0 Å². The molecule has 0 spiro atoms.